The van der Waals surface area contributed by atoms with E-state index in [1.54, 1.807) is 11.3 Å². The molecule has 0 atom stereocenters. The van der Waals surface area contributed by atoms with Crippen molar-refractivity contribution in [3.05, 3.63) is 53.8 Å². The maximum Gasteiger partial charge on any atom is 0.100 e. The fourth-order valence-electron chi connectivity index (χ4n) is 2.91. The van der Waals surface area contributed by atoms with Crippen LogP contribution < -0.4 is 5.19 Å². The Morgan fingerprint density at radius 2 is 1.96 bits per heavy atom. The first-order chi connectivity index (χ1) is 10.9. The zero-order chi connectivity index (χ0) is 16.2. The molecule has 3 heterocycles. The van der Waals surface area contributed by atoms with Crippen LogP contribution in [0.2, 0.25) is 24.7 Å². The van der Waals surface area contributed by atoms with E-state index >= 15 is 0 Å². The lowest BCUT2D eigenvalue weighted by atomic mass is 10.1. The van der Waals surface area contributed by atoms with E-state index in [-0.39, 0.29) is 0 Å². The van der Waals surface area contributed by atoms with Crippen LogP contribution in [0.3, 0.4) is 0 Å². The topological polar surface area (TPSA) is 17.3 Å². The van der Waals surface area contributed by atoms with Crippen LogP contribution in [0.25, 0.3) is 26.3 Å². The largest absolute Gasteiger partial charge is 0.307 e. The summed E-state index contributed by atoms with van der Waals surface area (Å²) in [4.78, 5) is 5.98. The number of fused-ring (bicyclic) bond motifs is 3. The van der Waals surface area contributed by atoms with Crippen molar-refractivity contribution in [3.63, 3.8) is 0 Å². The van der Waals surface area contributed by atoms with Crippen molar-refractivity contribution in [2.24, 2.45) is 0 Å². The third kappa shape index (κ3) is 2.42. The molecule has 116 valence electrons. The zero-order valence-electron chi connectivity index (χ0n) is 13.3. The third-order valence-corrected chi connectivity index (χ3v) is 7.77. The fourth-order valence-corrected chi connectivity index (χ4v) is 6.32. The monoisotopic (exact) mass is 356 g/mol. The summed E-state index contributed by atoms with van der Waals surface area (Å²) in [5.41, 5.74) is 3.33. The van der Waals surface area contributed by atoms with Crippen LogP contribution in [0.5, 0.6) is 0 Å². The molecule has 2 nitrogen and oxygen atoms in total. The molecule has 0 fully saturated rings. The molecule has 3 aromatic heterocycles. The number of benzene rings is 1. The van der Waals surface area contributed by atoms with Crippen LogP contribution in [-0.4, -0.2) is 17.5 Å². The summed E-state index contributed by atoms with van der Waals surface area (Å²) in [7, 11) is -1.47. The van der Waals surface area contributed by atoms with E-state index in [1.807, 2.05) is 12.3 Å². The van der Waals surface area contributed by atoms with E-state index in [0.29, 0.717) is 0 Å². The lowest BCUT2D eigenvalue weighted by Gasteiger charge is -2.18. The van der Waals surface area contributed by atoms with Gasteiger partial charge in [-0.05, 0) is 29.5 Å². The van der Waals surface area contributed by atoms with E-state index in [0.717, 1.165) is 16.3 Å². The molecule has 0 amide bonds. The van der Waals surface area contributed by atoms with Crippen LogP contribution in [0.15, 0.2) is 48.8 Å². The molecule has 0 unspecified atom stereocenters. The summed E-state index contributed by atoms with van der Waals surface area (Å²) in [6, 6.07) is 12.6. The van der Waals surface area contributed by atoms with Crippen molar-refractivity contribution >= 4 is 51.2 Å². The summed E-state index contributed by atoms with van der Waals surface area (Å²) in [6.45, 7) is 6.87. The maximum absolute atomic E-state index is 6.57. The number of halogens is 1. The quantitative estimate of drug-likeness (QED) is 0.438. The molecule has 4 aromatic rings. The molecule has 0 aliphatic heterocycles. The van der Waals surface area contributed by atoms with E-state index in [9.17, 15) is 0 Å². The summed E-state index contributed by atoms with van der Waals surface area (Å²) >= 11 is 8.36. The van der Waals surface area contributed by atoms with Crippen molar-refractivity contribution in [1.29, 1.82) is 0 Å². The average Bonchev–Trinajstić information content (AvgIpc) is 3.06. The third-order valence-electron chi connectivity index (χ3n) is 4.11. The number of hydrogen-bond acceptors (Lipinski definition) is 2. The highest BCUT2D eigenvalue weighted by Crippen LogP contribution is 2.35. The van der Waals surface area contributed by atoms with Gasteiger partial charge in [0.2, 0.25) is 0 Å². The summed E-state index contributed by atoms with van der Waals surface area (Å²) < 4.78 is 3.48. The van der Waals surface area contributed by atoms with Crippen molar-refractivity contribution in [1.82, 2.24) is 9.38 Å². The van der Waals surface area contributed by atoms with Crippen molar-refractivity contribution in [2.45, 2.75) is 19.6 Å². The summed E-state index contributed by atoms with van der Waals surface area (Å²) in [5.74, 6) is 0. The molecule has 0 bridgehead atoms. The first-order valence-electron chi connectivity index (χ1n) is 7.60. The van der Waals surface area contributed by atoms with Gasteiger partial charge in [-0.1, -0.05) is 43.4 Å². The SMILES string of the molecule is C[Si](C)(C)c1cnc(-c2cccc3c2sc2cccn23)cc1Cl. The second-order valence-corrected chi connectivity index (χ2v) is 13.2. The van der Waals surface area contributed by atoms with Crippen LogP contribution in [0.1, 0.15) is 0 Å². The van der Waals surface area contributed by atoms with Crippen molar-refractivity contribution in [2.75, 3.05) is 0 Å². The van der Waals surface area contributed by atoms with E-state index < -0.39 is 8.07 Å². The number of aromatic nitrogens is 2. The molecular formula is C18H17ClN2SSi. The van der Waals surface area contributed by atoms with Gasteiger partial charge in [0.05, 0.1) is 24.0 Å². The highest BCUT2D eigenvalue weighted by Gasteiger charge is 2.21. The predicted octanol–water partition coefficient (Wildman–Crippen LogP) is 5.41. The van der Waals surface area contributed by atoms with Gasteiger partial charge in [0, 0.05) is 23.0 Å². The van der Waals surface area contributed by atoms with Crippen LogP contribution in [-0.2, 0) is 0 Å². The molecule has 0 spiro atoms. The van der Waals surface area contributed by atoms with Gasteiger partial charge in [0.1, 0.15) is 4.83 Å². The Balaban J connectivity index is 1.94. The molecule has 0 saturated heterocycles. The van der Waals surface area contributed by atoms with Crippen LogP contribution in [0.4, 0.5) is 0 Å². The molecular weight excluding hydrogens is 340 g/mol. The Kier molecular flexibility index (Phi) is 3.37. The van der Waals surface area contributed by atoms with Crippen molar-refractivity contribution in [3.8, 4) is 11.3 Å². The first-order valence-corrected chi connectivity index (χ1v) is 12.3. The number of rotatable bonds is 2. The zero-order valence-corrected chi connectivity index (χ0v) is 15.9. The van der Waals surface area contributed by atoms with Gasteiger partial charge in [0.25, 0.3) is 0 Å². The maximum atomic E-state index is 6.57. The van der Waals surface area contributed by atoms with Crippen molar-refractivity contribution < 1.29 is 0 Å². The van der Waals surface area contributed by atoms with Crippen LogP contribution in [0, 0.1) is 0 Å². The van der Waals surface area contributed by atoms with E-state index in [2.05, 4.69) is 60.6 Å². The number of hydrogen-bond donors (Lipinski definition) is 0. The van der Waals surface area contributed by atoms with Crippen LogP contribution >= 0.6 is 22.9 Å². The number of thiazole rings is 1. The Hall–Kier alpha value is -1.62. The summed E-state index contributed by atoms with van der Waals surface area (Å²) in [6.07, 6.45) is 4.08. The minimum Gasteiger partial charge on any atom is -0.307 e. The number of pyridine rings is 1. The van der Waals surface area contributed by atoms with Gasteiger partial charge in [-0.2, -0.15) is 0 Å². The van der Waals surface area contributed by atoms with Gasteiger partial charge in [-0.25, -0.2) is 0 Å². The molecule has 0 aliphatic carbocycles. The molecule has 0 aliphatic rings. The molecule has 23 heavy (non-hydrogen) atoms. The Bertz CT molecular complexity index is 1030. The van der Waals surface area contributed by atoms with Gasteiger partial charge in [0.15, 0.2) is 0 Å². The molecule has 5 heteroatoms. The Labute approximate surface area is 145 Å². The standard InChI is InChI=1S/C18H17ClN2SSi/c1-23(2,3)16-11-20-14(10-13(16)19)12-6-4-7-15-18(12)22-17-8-5-9-21(15)17/h4-11H,1-3H3. The Morgan fingerprint density at radius 1 is 1.13 bits per heavy atom. The van der Waals surface area contributed by atoms with E-state index in [1.165, 1.54) is 20.2 Å². The molecule has 0 N–H and O–H groups in total. The highest BCUT2D eigenvalue weighted by atomic mass is 35.5. The normalized spacial score (nSPS) is 12.3. The fraction of sp³-hybridized carbons (Fsp3) is 0.167. The average molecular weight is 357 g/mol. The smallest absolute Gasteiger partial charge is 0.100 e. The van der Waals surface area contributed by atoms with Gasteiger partial charge in [-0.15, -0.1) is 11.3 Å². The molecule has 1 aromatic carbocycles. The number of nitrogens with zero attached hydrogens (tertiary/aromatic N) is 2. The minimum absolute atomic E-state index is 0.842. The van der Waals surface area contributed by atoms with E-state index in [4.69, 9.17) is 16.6 Å². The molecule has 0 saturated carbocycles. The lowest BCUT2D eigenvalue weighted by molar-refractivity contribution is 1.30. The lowest BCUT2D eigenvalue weighted by Crippen LogP contribution is -2.38. The second-order valence-electron chi connectivity index (χ2n) is 6.77. The second kappa shape index (κ2) is 5.19. The first kappa shape index (κ1) is 14.9. The van der Waals surface area contributed by atoms with Gasteiger partial charge < -0.3 is 4.40 Å². The van der Waals surface area contributed by atoms with Gasteiger partial charge in [-0.3, -0.25) is 4.98 Å². The Morgan fingerprint density at radius 3 is 2.70 bits per heavy atom. The minimum atomic E-state index is -1.47. The highest BCUT2D eigenvalue weighted by molar-refractivity contribution is 7.24. The van der Waals surface area contributed by atoms with Gasteiger partial charge >= 0.3 is 0 Å². The molecule has 0 radical (unpaired) electrons. The predicted molar refractivity (Wildman–Crippen MR) is 104 cm³/mol. The summed E-state index contributed by atoms with van der Waals surface area (Å²) in [5, 5.41) is 2.06. The molecule has 4 rings (SSSR count).